The van der Waals surface area contributed by atoms with Gasteiger partial charge in [-0.15, -0.1) is 0 Å². The Labute approximate surface area is 135 Å². The molecule has 116 valence electrons. The molecule has 1 fully saturated rings. The Balaban J connectivity index is 2.12. The first-order valence-electron chi connectivity index (χ1n) is 7.23. The molecule has 0 atom stereocenters. The van der Waals surface area contributed by atoms with E-state index in [4.69, 9.17) is 5.73 Å². The van der Waals surface area contributed by atoms with Crippen LogP contribution in [0, 0.1) is 0 Å². The lowest BCUT2D eigenvalue weighted by molar-refractivity contribution is 0.0874. The third-order valence-corrected chi connectivity index (χ3v) is 4.28. The summed E-state index contributed by atoms with van der Waals surface area (Å²) in [6.07, 6.45) is 1.80. The maximum Gasteiger partial charge on any atom is 0.253 e. The first-order chi connectivity index (χ1) is 9.58. The zero-order valence-corrected chi connectivity index (χ0v) is 14.7. The highest BCUT2D eigenvalue weighted by atomic mass is 79.9. The molecule has 1 aliphatic rings. The number of carbonyl (C=O) groups excluding carboxylic acids is 1. The van der Waals surface area contributed by atoms with Gasteiger partial charge >= 0.3 is 0 Å². The lowest BCUT2D eigenvalue weighted by atomic mass is 9.79. The number of hydrogen-bond acceptors (Lipinski definition) is 3. The summed E-state index contributed by atoms with van der Waals surface area (Å²) in [5.41, 5.74) is 6.97. The number of nitrogen functional groups attached to an aromatic ring is 1. The third-order valence-electron chi connectivity index (χ3n) is 3.78. The number of carbonyl (C=O) groups is 1. The fraction of sp³-hybridized carbons (Fsp3) is 0.562. The molecule has 0 aromatic heterocycles. The Morgan fingerprint density at radius 3 is 2.38 bits per heavy atom. The molecule has 5 heteroatoms. The molecular weight excluding hydrogens is 330 g/mol. The standard InChI is InChI=1S/C16H24BrN3O/c1-15(2)8-11(9-16(3,4)20-15)19-14(21)12-6-5-10(17)7-13(12)18/h5-7,11,20H,8-9,18H2,1-4H3,(H,19,21). The number of halogens is 1. The van der Waals surface area contributed by atoms with Crippen molar-refractivity contribution in [3.05, 3.63) is 28.2 Å². The summed E-state index contributed by atoms with van der Waals surface area (Å²) >= 11 is 3.35. The van der Waals surface area contributed by atoms with Crippen LogP contribution in [0.2, 0.25) is 0 Å². The highest BCUT2D eigenvalue weighted by Crippen LogP contribution is 2.29. The topological polar surface area (TPSA) is 67.2 Å². The smallest absolute Gasteiger partial charge is 0.253 e. The second kappa shape index (κ2) is 5.61. The molecule has 21 heavy (non-hydrogen) atoms. The Morgan fingerprint density at radius 2 is 1.86 bits per heavy atom. The van der Waals surface area contributed by atoms with Crippen LogP contribution in [-0.2, 0) is 0 Å². The third kappa shape index (κ3) is 4.20. The van der Waals surface area contributed by atoms with Crippen molar-refractivity contribution < 1.29 is 4.79 Å². The quantitative estimate of drug-likeness (QED) is 0.715. The van der Waals surface area contributed by atoms with Crippen molar-refractivity contribution in [2.45, 2.75) is 57.7 Å². The van der Waals surface area contributed by atoms with Gasteiger partial charge in [0.2, 0.25) is 0 Å². The van der Waals surface area contributed by atoms with Crippen LogP contribution in [0.5, 0.6) is 0 Å². The number of nitrogens with two attached hydrogens (primary N) is 1. The Kier molecular flexibility index (Phi) is 4.36. The predicted octanol–water partition coefficient (Wildman–Crippen LogP) is 3.07. The largest absolute Gasteiger partial charge is 0.398 e. The van der Waals surface area contributed by atoms with Gasteiger partial charge in [-0.2, -0.15) is 0 Å². The molecule has 0 radical (unpaired) electrons. The van der Waals surface area contributed by atoms with Gasteiger partial charge in [0, 0.05) is 27.3 Å². The first-order valence-corrected chi connectivity index (χ1v) is 8.03. The van der Waals surface area contributed by atoms with Gasteiger partial charge in [0.1, 0.15) is 0 Å². The van der Waals surface area contributed by atoms with Crippen molar-refractivity contribution in [3.8, 4) is 0 Å². The van der Waals surface area contributed by atoms with E-state index in [-0.39, 0.29) is 23.0 Å². The van der Waals surface area contributed by atoms with Crippen LogP contribution >= 0.6 is 15.9 Å². The summed E-state index contributed by atoms with van der Waals surface area (Å²) in [7, 11) is 0. The van der Waals surface area contributed by atoms with Crippen LogP contribution in [-0.4, -0.2) is 23.0 Å². The van der Waals surface area contributed by atoms with Gasteiger partial charge in [-0.25, -0.2) is 0 Å². The molecule has 0 saturated carbocycles. The summed E-state index contributed by atoms with van der Waals surface area (Å²) in [6, 6.07) is 5.49. The van der Waals surface area contributed by atoms with E-state index in [0.29, 0.717) is 11.3 Å². The fourth-order valence-corrected chi connectivity index (χ4v) is 3.81. The molecule has 0 spiro atoms. The number of rotatable bonds is 2. The number of benzene rings is 1. The van der Waals surface area contributed by atoms with Crippen molar-refractivity contribution in [2.75, 3.05) is 5.73 Å². The molecule has 1 heterocycles. The van der Waals surface area contributed by atoms with Crippen molar-refractivity contribution in [2.24, 2.45) is 0 Å². The monoisotopic (exact) mass is 353 g/mol. The summed E-state index contributed by atoms with van der Waals surface area (Å²) in [4.78, 5) is 12.4. The molecular formula is C16H24BrN3O. The Hall–Kier alpha value is -1.07. The molecule has 1 saturated heterocycles. The Bertz CT molecular complexity index is 538. The second-order valence-electron chi connectivity index (χ2n) is 7.20. The molecule has 1 amide bonds. The minimum absolute atomic E-state index is 0.00492. The molecule has 0 bridgehead atoms. The van der Waals surface area contributed by atoms with Crippen molar-refractivity contribution in [3.63, 3.8) is 0 Å². The van der Waals surface area contributed by atoms with Gasteiger partial charge in [0.25, 0.3) is 5.91 Å². The maximum atomic E-state index is 12.4. The van der Waals surface area contributed by atoms with Crippen molar-refractivity contribution >= 4 is 27.5 Å². The van der Waals surface area contributed by atoms with Gasteiger partial charge in [0.05, 0.1) is 5.56 Å². The highest BCUT2D eigenvalue weighted by Gasteiger charge is 2.38. The average molecular weight is 354 g/mol. The molecule has 0 aliphatic carbocycles. The minimum atomic E-state index is -0.0986. The van der Waals surface area contributed by atoms with E-state index in [1.54, 1.807) is 12.1 Å². The van der Waals surface area contributed by atoms with Crippen LogP contribution in [0.1, 0.15) is 50.9 Å². The normalized spacial score (nSPS) is 21.0. The summed E-state index contributed by atoms with van der Waals surface area (Å²) in [5.74, 6) is -0.0986. The molecule has 1 aliphatic heterocycles. The lowest BCUT2D eigenvalue weighted by Gasteiger charge is -2.46. The van der Waals surface area contributed by atoms with E-state index in [9.17, 15) is 4.79 Å². The SMILES string of the molecule is CC1(C)CC(NC(=O)c2ccc(Br)cc2N)CC(C)(C)N1. The number of anilines is 1. The number of hydrogen-bond donors (Lipinski definition) is 3. The average Bonchev–Trinajstić information content (AvgIpc) is 2.23. The highest BCUT2D eigenvalue weighted by molar-refractivity contribution is 9.10. The van der Waals surface area contributed by atoms with Gasteiger partial charge < -0.3 is 16.4 Å². The van der Waals surface area contributed by atoms with Crippen molar-refractivity contribution in [1.82, 2.24) is 10.6 Å². The predicted molar refractivity (Wildman–Crippen MR) is 90.3 cm³/mol. The Morgan fingerprint density at radius 1 is 1.29 bits per heavy atom. The molecule has 4 N–H and O–H groups in total. The fourth-order valence-electron chi connectivity index (χ4n) is 3.43. The van der Waals surface area contributed by atoms with Crippen LogP contribution in [0.3, 0.4) is 0 Å². The molecule has 1 aromatic rings. The van der Waals surface area contributed by atoms with Crippen molar-refractivity contribution in [1.29, 1.82) is 0 Å². The molecule has 4 nitrogen and oxygen atoms in total. The second-order valence-corrected chi connectivity index (χ2v) is 8.12. The van der Waals surface area contributed by atoms with Crippen LogP contribution in [0.15, 0.2) is 22.7 Å². The zero-order valence-electron chi connectivity index (χ0n) is 13.1. The zero-order chi connectivity index (χ0) is 15.8. The number of amides is 1. The molecule has 0 unspecified atom stereocenters. The lowest BCUT2D eigenvalue weighted by Crippen LogP contribution is -2.62. The van der Waals surface area contributed by atoms with E-state index < -0.39 is 0 Å². The van der Waals surface area contributed by atoms with Gasteiger partial charge in [-0.3, -0.25) is 4.79 Å². The van der Waals surface area contributed by atoms with E-state index in [1.165, 1.54) is 0 Å². The first kappa shape index (κ1) is 16.3. The summed E-state index contributed by atoms with van der Waals surface area (Å²) < 4.78 is 0.876. The number of nitrogens with one attached hydrogen (secondary N) is 2. The van der Waals surface area contributed by atoms with E-state index >= 15 is 0 Å². The minimum Gasteiger partial charge on any atom is -0.398 e. The molecule has 1 aromatic carbocycles. The summed E-state index contributed by atoms with van der Waals surface area (Å²) in [5, 5.41) is 6.74. The molecule has 2 rings (SSSR count). The summed E-state index contributed by atoms with van der Waals surface area (Å²) in [6.45, 7) is 8.67. The van der Waals surface area contributed by atoms with Gasteiger partial charge in [0.15, 0.2) is 0 Å². The van der Waals surface area contributed by atoms with Crippen LogP contribution < -0.4 is 16.4 Å². The van der Waals surface area contributed by atoms with E-state index in [2.05, 4.69) is 54.3 Å². The number of piperidine rings is 1. The van der Waals surface area contributed by atoms with E-state index in [0.717, 1.165) is 17.3 Å². The van der Waals surface area contributed by atoms with E-state index in [1.807, 2.05) is 6.07 Å². The maximum absolute atomic E-state index is 12.4. The van der Waals surface area contributed by atoms with Gasteiger partial charge in [-0.1, -0.05) is 15.9 Å². The van der Waals surface area contributed by atoms with Crippen LogP contribution in [0.25, 0.3) is 0 Å². The van der Waals surface area contributed by atoms with Crippen LogP contribution in [0.4, 0.5) is 5.69 Å². The van der Waals surface area contributed by atoms with Gasteiger partial charge in [-0.05, 0) is 58.7 Å².